The van der Waals surface area contributed by atoms with Crippen molar-refractivity contribution in [1.82, 2.24) is 0 Å². The van der Waals surface area contributed by atoms with Crippen LogP contribution in [-0.4, -0.2) is 28.2 Å². The fourth-order valence-electron chi connectivity index (χ4n) is 1.34. The van der Waals surface area contributed by atoms with Gasteiger partial charge in [0.1, 0.15) is 12.4 Å². The number of rotatable bonds is 5. The lowest BCUT2D eigenvalue weighted by Crippen LogP contribution is -2.27. The molecule has 0 amide bonds. The molecular weight excluding hydrogens is 218 g/mol. The molecule has 1 aromatic carbocycles. The maximum atomic E-state index is 9.52. The molecule has 1 aromatic rings. The van der Waals surface area contributed by atoms with Crippen molar-refractivity contribution in [3.63, 3.8) is 0 Å². The van der Waals surface area contributed by atoms with Crippen molar-refractivity contribution in [3.05, 3.63) is 29.8 Å². The Labute approximate surface area is 102 Å². The van der Waals surface area contributed by atoms with Gasteiger partial charge in [0, 0.05) is 0 Å². The summed E-state index contributed by atoms with van der Waals surface area (Å²) in [6.45, 7) is 5.54. The second-order valence-corrected chi connectivity index (χ2v) is 4.53. The molecule has 4 nitrogen and oxygen atoms in total. The van der Waals surface area contributed by atoms with E-state index in [0.29, 0.717) is 17.9 Å². The SMILES string of the molecule is CC/C(=N\O)c1ccc(OCC(C)(C)O)cc1. The first-order valence-electron chi connectivity index (χ1n) is 5.63. The molecule has 4 heteroatoms. The second-order valence-electron chi connectivity index (χ2n) is 4.53. The maximum absolute atomic E-state index is 9.52. The Bertz CT molecular complexity index is 377. The number of ether oxygens (including phenoxy) is 1. The smallest absolute Gasteiger partial charge is 0.119 e. The Kier molecular flexibility index (Phi) is 4.52. The predicted molar refractivity (Wildman–Crippen MR) is 66.8 cm³/mol. The van der Waals surface area contributed by atoms with E-state index < -0.39 is 5.60 Å². The lowest BCUT2D eigenvalue weighted by molar-refractivity contribution is 0.0285. The molecule has 0 atom stereocenters. The van der Waals surface area contributed by atoms with Gasteiger partial charge in [-0.25, -0.2) is 0 Å². The lowest BCUT2D eigenvalue weighted by atomic mass is 10.1. The molecule has 2 N–H and O–H groups in total. The van der Waals surface area contributed by atoms with Gasteiger partial charge in [-0.2, -0.15) is 0 Å². The Hall–Kier alpha value is -1.55. The van der Waals surface area contributed by atoms with Crippen LogP contribution in [0.15, 0.2) is 29.4 Å². The summed E-state index contributed by atoms with van der Waals surface area (Å²) in [6, 6.07) is 7.25. The third-order valence-corrected chi connectivity index (χ3v) is 2.24. The summed E-state index contributed by atoms with van der Waals surface area (Å²) >= 11 is 0. The highest BCUT2D eigenvalue weighted by Gasteiger charge is 2.13. The number of hydrogen-bond acceptors (Lipinski definition) is 4. The Morgan fingerprint density at radius 3 is 2.29 bits per heavy atom. The highest BCUT2D eigenvalue weighted by Crippen LogP contribution is 2.15. The van der Waals surface area contributed by atoms with Crippen molar-refractivity contribution < 1.29 is 15.1 Å². The van der Waals surface area contributed by atoms with E-state index in [1.807, 2.05) is 19.1 Å². The van der Waals surface area contributed by atoms with Gasteiger partial charge in [0.25, 0.3) is 0 Å². The van der Waals surface area contributed by atoms with Crippen LogP contribution < -0.4 is 4.74 Å². The van der Waals surface area contributed by atoms with Crippen LogP contribution in [0, 0.1) is 0 Å². The number of oxime groups is 1. The van der Waals surface area contributed by atoms with Crippen molar-refractivity contribution in [2.24, 2.45) is 5.16 Å². The Balaban J connectivity index is 2.68. The minimum absolute atomic E-state index is 0.237. The lowest BCUT2D eigenvalue weighted by Gasteiger charge is -2.17. The minimum Gasteiger partial charge on any atom is -0.491 e. The van der Waals surface area contributed by atoms with Crippen LogP contribution in [0.1, 0.15) is 32.8 Å². The maximum Gasteiger partial charge on any atom is 0.119 e. The van der Waals surface area contributed by atoms with E-state index in [9.17, 15) is 5.11 Å². The van der Waals surface area contributed by atoms with Crippen LogP contribution in [0.25, 0.3) is 0 Å². The molecule has 0 aliphatic carbocycles. The topological polar surface area (TPSA) is 62.1 Å². The summed E-state index contributed by atoms with van der Waals surface area (Å²) in [7, 11) is 0. The van der Waals surface area contributed by atoms with Gasteiger partial charge in [0.05, 0.1) is 11.3 Å². The van der Waals surface area contributed by atoms with Gasteiger partial charge in [0.2, 0.25) is 0 Å². The molecule has 0 aliphatic rings. The zero-order chi connectivity index (χ0) is 12.9. The minimum atomic E-state index is -0.847. The van der Waals surface area contributed by atoms with E-state index >= 15 is 0 Å². The summed E-state index contributed by atoms with van der Waals surface area (Å²) < 4.78 is 5.42. The number of aliphatic hydroxyl groups is 1. The fourth-order valence-corrected chi connectivity index (χ4v) is 1.34. The standard InChI is InChI=1S/C13H19NO3/c1-4-12(14-16)10-5-7-11(8-6-10)17-9-13(2,3)15/h5-8,15-16H,4,9H2,1-3H3/b14-12+. The Morgan fingerprint density at radius 1 is 1.29 bits per heavy atom. The molecule has 0 aliphatic heterocycles. The van der Waals surface area contributed by atoms with Gasteiger partial charge >= 0.3 is 0 Å². The molecule has 1 rings (SSSR count). The average molecular weight is 237 g/mol. The van der Waals surface area contributed by atoms with Gasteiger partial charge in [0.15, 0.2) is 0 Å². The van der Waals surface area contributed by atoms with Crippen LogP contribution in [0.2, 0.25) is 0 Å². The van der Waals surface area contributed by atoms with E-state index in [4.69, 9.17) is 9.94 Å². The molecule has 0 saturated carbocycles. The number of hydrogen-bond donors (Lipinski definition) is 2. The summed E-state index contributed by atoms with van der Waals surface area (Å²) in [5, 5.41) is 21.5. The molecule has 0 aromatic heterocycles. The van der Waals surface area contributed by atoms with Gasteiger partial charge < -0.3 is 15.1 Å². The van der Waals surface area contributed by atoms with Crippen LogP contribution >= 0.6 is 0 Å². The first-order chi connectivity index (χ1) is 7.96. The van der Waals surface area contributed by atoms with Crippen molar-refractivity contribution >= 4 is 5.71 Å². The van der Waals surface area contributed by atoms with Crippen LogP contribution in [-0.2, 0) is 0 Å². The van der Waals surface area contributed by atoms with Crippen molar-refractivity contribution in [3.8, 4) is 5.75 Å². The zero-order valence-electron chi connectivity index (χ0n) is 10.5. The zero-order valence-corrected chi connectivity index (χ0v) is 10.5. The third kappa shape index (κ3) is 4.44. The molecule has 0 heterocycles. The van der Waals surface area contributed by atoms with Crippen molar-refractivity contribution in [2.45, 2.75) is 32.8 Å². The highest BCUT2D eigenvalue weighted by molar-refractivity contribution is 6.00. The van der Waals surface area contributed by atoms with Crippen molar-refractivity contribution in [2.75, 3.05) is 6.61 Å². The molecule has 0 bridgehead atoms. The molecular formula is C13H19NO3. The molecule has 0 unspecified atom stereocenters. The second kappa shape index (κ2) is 5.68. The van der Waals surface area contributed by atoms with Gasteiger partial charge in [-0.05, 0) is 50.1 Å². The van der Waals surface area contributed by atoms with E-state index in [2.05, 4.69) is 5.16 Å². The summed E-state index contributed by atoms with van der Waals surface area (Å²) in [5.41, 5.74) is 0.657. The average Bonchev–Trinajstić information content (AvgIpc) is 2.29. The molecule has 94 valence electrons. The fraction of sp³-hybridized carbons (Fsp3) is 0.462. The van der Waals surface area contributed by atoms with Gasteiger partial charge in [-0.3, -0.25) is 0 Å². The van der Waals surface area contributed by atoms with Crippen LogP contribution in [0.4, 0.5) is 0 Å². The van der Waals surface area contributed by atoms with Crippen LogP contribution in [0.5, 0.6) is 5.75 Å². The van der Waals surface area contributed by atoms with E-state index in [1.54, 1.807) is 26.0 Å². The molecule has 17 heavy (non-hydrogen) atoms. The monoisotopic (exact) mass is 237 g/mol. The van der Waals surface area contributed by atoms with Gasteiger partial charge in [-0.15, -0.1) is 0 Å². The van der Waals surface area contributed by atoms with E-state index in [0.717, 1.165) is 5.56 Å². The molecule has 0 fully saturated rings. The molecule has 0 radical (unpaired) electrons. The first-order valence-corrected chi connectivity index (χ1v) is 5.63. The Morgan fingerprint density at radius 2 is 1.88 bits per heavy atom. The number of nitrogens with zero attached hydrogens (tertiary/aromatic N) is 1. The van der Waals surface area contributed by atoms with Crippen LogP contribution in [0.3, 0.4) is 0 Å². The quantitative estimate of drug-likeness (QED) is 0.469. The van der Waals surface area contributed by atoms with E-state index in [1.165, 1.54) is 0 Å². The van der Waals surface area contributed by atoms with Crippen molar-refractivity contribution in [1.29, 1.82) is 0 Å². The predicted octanol–water partition coefficient (Wildman–Crippen LogP) is 2.42. The van der Waals surface area contributed by atoms with Gasteiger partial charge in [-0.1, -0.05) is 12.1 Å². The summed E-state index contributed by atoms with van der Waals surface area (Å²) in [6.07, 6.45) is 0.667. The molecule has 0 saturated heterocycles. The number of benzene rings is 1. The third-order valence-electron chi connectivity index (χ3n) is 2.24. The summed E-state index contributed by atoms with van der Waals surface area (Å²) in [4.78, 5) is 0. The first kappa shape index (κ1) is 13.5. The normalized spacial score (nSPS) is 12.6. The highest BCUT2D eigenvalue weighted by atomic mass is 16.5. The van der Waals surface area contributed by atoms with E-state index in [-0.39, 0.29) is 6.61 Å². The summed E-state index contributed by atoms with van der Waals surface area (Å²) in [5.74, 6) is 0.685. The largest absolute Gasteiger partial charge is 0.491 e. The molecule has 0 spiro atoms.